The van der Waals surface area contributed by atoms with E-state index in [9.17, 15) is 24.0 Å². The molecule has 1 rings (SSSR count). The van der Waals surface area contributed by atoms with Crippen LogP contribution in [0.15, 0.2) is 0 Å². The van der Waals surface area contributed by atoms with Crippen LogP contribution in [-0.2, 0) is 24.0 Å². The van der Waals surface area contributed by atoms with Gasteiger partial charge in [-0.25, -0.2) is 0 Å². The molecule has 0 radical (unpaired) electrons. The van der Waals surface area contributed by atoms with Crippen LogP contribution in [0.4, 0.5) is 0 Å². The molecule has 0 aromatic heterocycles. The van der Waals surface area contributed by atoms with Gasteiger partial charge in [0.25, 0.3) is 0 Å². The number of aliphatic hydroxyl groups excluding tert-OH is 1. The molecule has 1 aliphatic heterocycles. The molecule has 0 aromatic rings. The number of rotatable bonds is 9. The van der Waals surface area contributed by atoms with Gasteiger partial charge in [0, 0.05) is 12.5 Å². The van der Waals surface area contributed by atoms with Gasteiger partial charge in [0.1, 0.15) is 12.6 Å². The van der Waals surface area contributed by atoms with Crippen LogP contribution >= 0.6 is 0 Å². The molecule has 1 heterocycles. The van der Waals surface area contributed by atoms with E-state index in [-0.39, 0.29) is 24.7 Å². The van der Waals surface area contributed by atoms with E-state index in [1.165, 1.54) is 0 Å². The second kappa shape index (κ2) is 9.85. The van der Waals surface area contributed by atoms with Gasteiger partial charge >= 0.3 is 11.8 Å². The summed E-state index contributed by atoms with van der Waals surface area (Å²) in [6.07, 6.45) is 0.793. The molecule has 1 saturated heterocycles. The normalized spacial score (nSPS) is 18.8. The van der Waals surface area contributed by atoms with Gasteiger partial charge in [-0.15, -0.1) is 0 Å². The molecule has 3 atom stereocenters. The fourth-order valence-corrected chi connectivity index (χ4v) is 2.74. The van der Waals surface area contributed by atoms with Gasteiger partial charge in [-0.3, -0.25) is 24.0 Å². The smallest absolute Gasteiger partial charge is 0.309 e. The van der Waals surface area contributed by atoms with Crippen molar-refractivity contribution in [1.29, 1.82) is 0 Å². The van der Waals surface area contributed by atoms with E-state index in [0.717, 1.165) is 0 Å². The summed E-state index contributed by atoms with van der Waals surface area (Å²) >= 11 is 0. The molecular weight excluding hydrogens is 344 g/mol. The highest BCUT2D eigenvalue weighted by atomic mass is 16.3. The van der Waals surface area contributed by atoms with Crippen molar-refractivity contribution >= 4 is 29.4 Å². The van der Waals surface area contributed by atoms with E-state index < -0.39 is 48.1 Å². The van der Waals surface area contributed by atoms with Gasteiger partial charge < -0.3 is 26.8 Å². The fraction of sp³-hybridized carbons (Fsp3) is 0.688. The van der Waals surface area contributed by atoms with Crippen molar-refractivity contribution < 1.29 is 29.1 Å². The van der Waals surface area contributed by atoms with Crippen LogP contribution in [0.2, 0.25) is 0 Å². The van der Waals surface area contributed by atoms with Crippen molar-refractivity contribution in [2.45, 2.75) is 45.2 Å². The van der Waals surface area contributed by atoms with Crippen LogP contribution in [0.3, 0.4) is 0 Å². The van der Waals surface area contributed by atoms with Crippen molar-refractivity contribution in [2.24, 2.45) is 17.6 Å². The Bertz CT molecular complexity index is 577. The first kappa shape index (κ1) is 21.6. The molecule has 10 nitrogen and oxygen atoms in total. The minimum Gasteiger partial charge on any atom is -0.389 e. The molecule has 10 heteroatoms. The monoisotopic (exact) mass is 370 g/mol. The molecule has 26 heavy (non-hydrogen) atoms. The minimum absolute atomic E-state index is 0.00605. The molecule has 0 aromatic carbocycles. The first-order valence-corrected chi connectivity index (χ1v) is 8.47. The number of Topliss-reactive ketones (excluding diaryl/α,β-unsaturated/α-hetero) is 1. The summed E-state index contributed by atoms with van der Waals surface area (Å²) in [5.74, 6) is -4.30. The number of hydrogen-bond acceptors (Lipinski definition) is 6. The van der Waals surface area contributed by atoms with E-state index in [1.807, 2.05) is 13.8 Å². The molecule has 146 valence electrons. The zero-order valence-corrected chi connectivity index (χ0v) is 14.9. The number of carbonyl (C=O) groups excluding carboxylic acids is 5. The Hall–Kier alpha value is -2.49. The number of nitrogens with two attached hydrogens (primary N) is 1. The second-order valence-electron chi connectivity index (χ2n) is 6.72. The summed E-state index contributed by atoms with van der Waals surface area (Å²) in [6, 6.07) is -2.14. The number of amides is 4. The van der Waals surface area contributed by atoms with E-state index in [1.54, 1.807) is 0 Å². The fourth-order valence-electron chi connectivity index (χ4n) is 2.74. The molecule has 1 fully saturated rings. The third-order valence-corrected chi connectivity index (χ3v) is 4.10. The minimum atomic E-state index is -1.22. The summed E-state index contributed by atoms with van der Waals surface area (Å²) in [7, 11) is 0. The lowest BCUT2D eigenvalue weighted by atomic mass is 9.95. The average molecular weight is 370 g/mol. The number of primary amides is 1. The quantitative estimate of drug-likeness (QED) is 0.283. The van der Waals surface area contributed by atoms with Crippen LogP contribution in [0, 0.1) is 11.8 Å². The van der Waals surface area contributed by atoms with Crippen LogP contribution in [0.5, 0.6) is 0 Å². The zero-order valence-electron chi connectivity index (χ0n) is 14.9. The highest BCUT2D eigenvalue weighted by Crippen LogP contribution is 2.17. The Kier molecular flexibility index (Phi) is 8.17. The maximum atomic E-state index is 12.5. The van der Waals surface area contributed by atoms with Crippen LogP contribution in [0.25, 0.3) is 0 Å². The lowest BCUT2D eigenvalue weighted by molar-refractivity contribution is -0.139. The van der Waals surface area contributed by atoms with E-state index in [4.69, 9.17) is 10.8 Å². The molecule has 4 amide bonds. The molecule has 0 saturated carbocycles. The largest absolute Gasteiger partial charge is 0.389 e. The predicted molar refractivity (Wildman–Crippen MR) is 90.3 cm³/mol. The van der Waals surface area contributed by atoms with Gasteiger partial charge in [-0.1, -0.05) is 13.8 Å². The van der Waals surface area contributed by atoms with Crippen molar-refractivity contribution in [3.63, 3.8) is 0 Å². The van der Waals surface area contributed by atoms with Gasteiger partial charge in [0.05, 0.1) is 6.04 Å². The lowest BCUT2D eigenvalue weighted by Gasteiger charge is -2.24. The Balaban J connectivity index is 2.84. The van der Waals surface area contributed by atoms with Gasteiger partial charge in [0.15, 0.2) is 5.78 Å². The summed E-state index contributed by atoms with van der Waals surface area (Å²) < 4.78 is 0. The van der Waals surface area contributed by atoms with Crippen LogP contribution < -0.4 is 21.7 Å². The summed E-state index contributed by atoms with van der Waals surface area (Å²) in [5, 5.41) is 16.5. The number of aliphatic hydroxyl groups is 1. The maximum Gasteiger partial charge on any atom is 0.309 e. The summed E-state index contributed by atoms with van der Waals surface area (Å²) in [4.78, 5) is 58.6. The van der Waals surface area contributed by atoms with Gasteiger partial charge in [-0.05, 0) is 25.2 Å². The Morgan fingerprint density at radius 3 is 2.35 bits per heavy atom. The number of ketones is 1. The zero-order chi connectivity index (χ0) is 19.9. The molecular formula is C16H26N4O6. The molecule has 1 aliphatic rings. The molecule has 0 unspecified atom stereocenters. The topological polar surface area (TPSA) is 168 Å². The lowest BCUT2D eigenvalue weighted by Crippen LogP contribution is -2.54. The first-order valence-electron chi connectivity index (χ1n) is 8.47. The van der Waals surface area contributed by atoms with Gasteiger partial charge in [-0.2, -0.15) is 0 Å². The summed E-state index contributed by atoms with van der Waals surface area (Å²) in [5.41, 5.74) is 4.90. The van der Waals surface area contributed by atoms with E-state index in [0.29, 0.717) is 13.0 Å². The van der Waals surface area contributed by atoms with Crippen LogP contribution in [-0.4, -0.2) is 59.8 Å². The third-order valence-electron chi connectivity index (χ3n) is 4.10. The van der Waals surface area contributed by atoms with Crippen molar-refractivity contribution in [2.75, 3.05) is 13.2 Å². The van der Waals surface area contributed by atoms with E-state index >= 15 is 0 Å². The highest BCUT2D eigenvalue weighted by Gasteiger charge is 2.33. The van der Waals surface area contributed by atoms with Crippen molar-refractivity contribution in [1.82, 2.24) is 16.0 Å². The number of nitrogens with one attached hydrogen (secondary N) is 3. The highest BCUT2D eigenvalue weighted by molar-refractivity contribution is 6.34. The molecule has 0 spiro atoms. The molecule has 0 aliphatic carbocycles. The first-order chi connectivity index (χ1) is 12.1. The number of carbonyl (C=O) groups is 5. The van der Waals surface area contributed by atoms with Gasteiger partial charge in [0.2, 0.25) is 11.8 Å². The second-order valence-corrected chi connectivity index (χ2v) is 6.72. The van der Waals surface area contributed by atoms with Crippen molar-refractivity contribution in [3.8, 4) is 0 Å². The average Bonchev–Trinajstić information content (AvgIpc) is 2.97. The molecule has 0 bridgehead atoms. The Morgan fingerprint density at radius 1 is 1.23 bits per heavy atom. The summed E-state index contributed by atoms with van der Waals surface area (Å²) in [6.45, 7) is 3.33. The van der Waals surface area contributed by atoms with E-state index in [2.05, 4.69) is 16.0 Å². The standard InChI is InChI=1S/C16H26N4O6/c1-8(2)5-11(20-16(26)13(17)23)15(25)19-10(12(22)7-21)6-9-3-4-18-14(9)24/h8-11,21H,3-7H2,1-2H3,(H2,17,23)(H,18,24)(H,19,25)(H,20,26)/t9-,10-,11-/m0/s1. The third kappa shape index (κ3) is 6.43. The number of hydrogen-bond donors (Lipinski definition) is 5. The Labute approximate surface area is 151 Å². The Morgan fingerprint density at radius 2 is 1.88 bits per heavy atom. The van der Waals surface area contributed by atoms with Crippen LogP contribution in [0.1, 0.15) is 33.1 Å². The maximum absolute atomic E-state index is 12.5. The van der Waals surface area contributed by atoms with Crippen molar-refractivity contribution in [3.05, 3.63) is 0 Å². The predicted octanol–water partition coefficient (Wildman–Crippen LogP) is -2.42. The SMILES string of the molecule is CC(C)C[C@H](NC(=O)C(N)=O)C(=O)N[C@@H](C[C@@H]1CCNC1=O)C(=O)CO. The molecule has 6 N–H and O–H groups in total.